The van der Waals surface area contributed by atoms with Gasteiger partial charge in [-0.3, -0.25) is 9.36 Å². The molecule has 2 aliphatic rings. The van der Waals surface area contributed by atoms with E-state index >= 15 is 0 Å². The number of H-pyrrole nitrogens is 1. The molecule has 1 aliphatic heterocycles. The lowest BCUT2D eigenvalue weighted by molar-refractivity contribution is 0.623. The summed E-state index contributed by atoms with van der Waals surface area (Å²) < 4.78 is 17.8. The van der Waals surface area contributed by atoms with Crippen LogP contribution in [-0.2, 0) is 0 Å². The number of anilines is 2. The molecule has 1 saturated carbocycles. The number of nitrogens with one attached hydrogen (secondary N) is 2. The molecule has 0 spiro atoms. The standard InChI is InChI=1S/C25H22FN5O2/c1-29-12-10-19(28-21-13-15-9-11-27-20(15)14-18(21)26)22-23(29)30(16-5-3-2-4-6-16)25(33)31(24(22)32)17-7-8-17/h2-6,9-11,13-14,17,27-28H,7-8,12H2,1H3. The first kappa shape index (κ1) is 19.6. The van der Waals surface area contributed by atoms with Gasteiger partial charge in [0.15, 0.2) is 0 Å². The summed E-state index contributed by atoms with van der Waals surface area (Å²) in [5.74, 6) is 0.0754. The van der Waals surface area contributed by atoms with Crippen LogP contribution >= 0.6 is 0 Å². The molecule has 0 unspecified atom stereocenters. The van der Waals surface area contributed by atoms with Crippen LogP contribution in [0.5, 0.6) is 0 Å². The predicted molar refractivity (Wildman–Crippen MR) is 128 cm³/mol. The van der Waals surface area contributed by atoms with Crippen molar-refractivity contribution < 1.29 is 4.39 Å². The normalized spacial score (nSPS) is 15.5. The SMILES string of the molecule is CN1CC=C(Nc2cc3cc[nH]c3cc2F)c2c1n(-c1ccccc1)c(=O)n(C1CC1)c2=O. The Morgan fingerprint density at radius 1 is 1.09 bits per heavy atom. The molecule has 0 atom stereocenters. The minimum atomic E-state index is -0.426. The Morgan fingerprint density at radius 3 is 2.64 bits per heavy atom. The zero-order chi connectivity index (χ0) is 22.7. The molecule has 3 heterocycles. The van der Waals surface area contributed by atoms with Crippen LogP contribution in [0.15, 0.2) is 70.4 Å². The van der Waals surface area contributed by atoms with Crippen molar-refractivity contribution in [3.63, 3.8) is 0 Å². The first-order chi connectivity index (χ1) is 16.0. The minimum Gasteiger partial charge on any atom is -0.361 e. The van der Waals surface area contributed by atoms with Gasteiger partial charge in [-0.15, -0.1) is 0 Å². The first-order valence-corrected chi connectivity index (χ1v) is 10.9. The summed E-state index contributed by atoms with van der Waals surface area (Å²) in [6.45, 7) is 0.461. The van der Waals surface area contributed by atoms with Crippen molar-refractivity contribution in [2.24, 2.45) is 0 Å². The molecule has 2 aromatic carbocycles. The molecule has 0 amide bonds. The molecule has 8 heteroatoms. The highest BCUT2D eigenvalue weighted by Gasteiger charge is 2.34. The molecule has 0 bridgehead atoms. The fourth-order valence-corrected chi connectivity index (χ4v) is 4.52. The lowest BCUT2D eigenvalue weighted by Gasteiger charge is -2.31. The van der Waals surface area contributed by atoms with Gasteiger partial charge in [0.25, 0.3) is 5.56 Å². The van der Waals surface area contributed by atoms with Gasteiger partial charge in [0.1, 0.15) is 17.2 Å². The number of rotatable bonds is 4. The van der Waals surface area contributed by atoms with E-state index in [4.69, 9.17) is 0 Å². The molecule has 1 fully saturated rings. The quantitative estimate of drug-likeness (QED) is 0.502. The van der Waals surface area contributed by atoms with Gasteiger partial charge in [0.2, 0.25) is 0 Å². The Balaban J connectivity index is 1.58. The molecule has 166 valence electrons. The van der Waals surface area contributed by atoms with Gasteiger partial charge in [-0.2, -0.15) is 0 Å². The largest absolute Gasteiger partial charge is 0.361 e. The van der Waals surface area contributed by atoms with Gasteiger partial charge in [0.05, 0.1) is 17.1 Å². The zero-order valence-electron chi connectivity index (χ0n) is 18.0. The summed E-state index contributed by atoms with van der Waals surface area (Å²) in [5, 5.41) is 4.01. The third-order valence-electron chi connectivity index (χ3n) is 6.30. The number of fused-ring (bicyclic) bond motifs is 2. The van der Waals surface area contributed by atoms with Crippen LogP contribution in [0.4, 0.5) is 15.9 Å². The average Bonchev–Trinajstić information content (AvgIpc) is 3.54. The van der Waals surface area contributed by atoms with Crippen molar-refractivity contribution in [3.05, 3.63) is 93.0 Å². The maximum atomic E-state index is 14.9. The summed E-state index contributed by atoms with van der Waals surface area (Å²) in [6.07, 6.45) is 5.21. The summed E-state index contributed by atoms with van der Waals surface area (Å²) in [6, 6.07) is 14.2. The summed E-state index contributed by atoms with van der Waals surface area (Å²) in [5.41, 5.74) is 1.83. The fraction of sp³-hybridized carbons (Fsp3) is 0.200. The third-order valence-corrected chi connectivity index (χ3v) is 6.30. The Morgan fingerprint density at radius 2 is 1.88 bits per heavy atom. The number of aromatic amines is 1. The highest BCUT2D eigenvalue weighted by molar-refractivity contribution is 5.89. The Labute approximate surface area is 188 Å². The van der Waals surface area contributed by atoms with Crippen LogP contribution in [-0.4, -0.2) is 27.7 Å². The maximum Gasteiger partial charge on any atom is 0.337 e. The summed E-state index contributed by atoms with van der Waals surface area (Å²) in [7, 11) is 1.85. The molecule has 33 heavy (non-hydrogen) atoms. The van der Waals surface area contributed by atoms with Gasteiger partial charge < -0.3 is 15.2 Å². The molecular formula is C25H22FN5O2. The molecular weight excluding hydrogens is 421 g/mol. The molecule has 1 aliphatic carbocycles. The number of nitrogens with zero attached hydrogens (tertiary/aromatic N) is 3. The van der Waals surface area contributed by atoms with Crippen molar-refractivity contribution in [2.45, 2.75) is 18.9 Å². The Bertz CT molecular complexity index is 1540. The Hall–Kier alpha value is -4.07. The fourth-order valence-electron chi connectivity index (χ4n) is 4.52. The molecule has 2 N–H and O–H groups in total. The predicted octanol–water partition coefficient (Wildman–Crippen LogP) is 3.86. The second-order valence-electron chi connectivity index (χ2n) is 8.58. The number of halogens is 1. The van der Waals surface area contributed by atoms with Crippen molar-refractivity contribution in [2.75, 3.05) is 23.8 Å². The third kappa shape index (κ3) is 3.09. The van der Waals surface area contributed by atoms with Gasteiger partial charge in [-0.25, -0.2) is 13.8 Å². The van der Waals surface area contributed by atoms with E-state index in [2.05, 4.69) is 10.3 Å². The lowest BCUT2D eigenvalue weighted by atomic mass is 10.1. The average molecular weight is 443 g/mol. The van der Waals surface area contributed by atoms with Crippen LogP contribution in [0.25, 0.3) is 22.3 Å². The number of likely N-dealkylation sites (N-methyl/N-ethyl adjacent to an activating group) is 1. The number of aromatic nitrogens is 3. The topological polar surface area (TPSA) is 75.1 Å². The maximum absolute atomic E-state index is 14.9. The molecule has 0 radical (unpaired) electrons. The van der Waals surface area contributed by atoms with Crippen molar-refractivity contribution >= 4 is 28.1 Å². The molecule has 0 saturated heterocycles. The van der Waals surface area contributed by atoms with E-state index in [1.165, 1.54) is 10.6 Å². The number of para-hydroxylation sites is 1. The monoisotopic (exact) mass is 443 g/mol. The van der Waals surface area contributed by atoms with E-state index in [1.54, 1.807) is 16.8 Å². The van der Waals surface area contributed by atoms with Gasteiger partial charge in [0, 0.05) is 42.8 Å². The van der Waals surface area contributed by atoms with Crippen LogP contribution in [0.1, 0.15) is 24.4 Å². The van der Waals surface area contributed by atoms with Crippen LogP contribution in [0.2, 0.25) is 0 Å². The van der Waals surface area contributed by atoms with Crippen molar-refractivity contribution in [1.82, 2.24) is 14.1 Å². The van der Waals surface area contributed by atoms with Crippen LogP contribution in [0.3, 0.4) is 0 Å². The van der Waals surface area contributed by atoms with E-state index in [-0.39, 0.29) is 23.0 Å². The van der Waals surface area contributed by atoms with Gasteiger partial charge in [-0.05, 0) is 43.2 Å². The first-order valence-electron chi connectivity index (χ1n) is 10.9. The number of hydrogen-bond acceptors (Lipinski definition) is 4. The smallest absolute Gasteiger partial charge is 0.337 e. The molecule has 6 rings (SSSR count). The van der Waals surface area contributed by atoms with Crippen molar-refractivity contribution in [1.29, 1.82) is 0 Å². The number of hydrogen-bond donors (Lipinski definition) is 2. The molecule has 2 aromatic heterocycles. The summed E-state index contributed by atoms with van der Waals surface area (Å²) >= 11 is 0. The van der Waals surface area contributed by atoms with Gasteiger partial charge >= 0.3 is 5.69 Å². The van der Waals surface area contributed by atoms with Crippen LogP contribution < -0.4 is 21.5 Å². The van der Waals surface area contributed by atoms with Crippen molar-refractivity contribution in [3.8, 4) is 5.69 Å². The zero-order valence-corrected chi connectivity index (χ0v) is 18.0. The second kappa shape index (κ2) is 7.23. The summed E-state index contributed by atoms with van der Waals surface area (Å²) in [4.78, 5) is 32.0. The van der Waals surface area contributed by atoms with Crippen LogP contribution in [0, 0.1) is 5.82 Å². The second-order valence-corrected chi connectivity index (χ2v) is 8.58. The number of benzene rings is 2. The van der Waals surface area contributed by atoms with Gasteiger partial charge in [-0.1, -0.05) is 18.2 Å². The molecule has 7 nitrogen and oxygen atoms in total. The van der Waals surface area contributed by atoms with E-state index < -0.39 is 5.82 Å². The highest BCUT2D eigenvalue weighted by atomic mass is 19.1. The lowest BCUT2D eigenvalue weighted by Crippen LogP contribution is -2.45. The molecule has 4 aromatic rings. The minimum absolute atomic E-state index is 0.105. The van der Waals surface area contributed by atoms with E-state index in [0.717, 1.165) is 18.2 Å². The van der Waals surface area contributed by atoms with E-state index in [0.29, 0.717) is 34.8 Å². The van der Waals surface area contributed by atoms with E-state index in [1.807, 2.05) is 54.4 Å². The van der Waals surface area contributed by atoms with E-state index in [9.17, 15) is 14.0 Å². The highest BCUT2D eigenvalue weighted by Crippen LogP contribution is 2.36. The Kier molecular flexibility index (Phi) is 4.29.